The van der Waals surface area contributed by atoms with Crippen LogP contribution in [0.1, 0.15) is 36.3 Å². The summed E-state index contributed by atoms with van der Waals surface area (Å²) < 4.78 is 0. The Bertz CT molecular complexity index is 609. The number of H-pyrrole nitrogens is 1. The van der Waals surface area contributed by atoms with Gasteiger partial charge >= 0.3 is 6.03 Å². The SMILES string of the molecule is C[C@@H](NC(=O)Nc1ccc2c(c1)CCC2)c1nn[nH]n1. The highest BCUT2D eigenvalue weighted by Gasteiger charge is 2.15. The average Bonchev–Trinajstić information content (AvgIpc) is 3.09. The summed E-state index contributed by atoms with van der Waals surface area (Å²) in [6, 6.07) is 5.48. The van der Waals surface area contributed by atoms with Gasteiger partial charge in [0.05, 0.1) is 6.04 Å². The molecule has 7 heteroatoms. The fourth-order valence-electron chi connectivity index (χ4n) is 2.43. The molecule has 3 N–H and O–H groups in total. The molecule has 0 radical (unpaired) electrons. The smallest absolute Gasteiger partial charge is 0.319 e. The summed E-state index contributed by atoms with van der Waals surface area (Å²) in [6.07, 6.45) is 3.42. The van der Waals surface area contributed by atoms with Gasteiger partial charge in [0.25, 0.3) is 0 Å². The molecule has 104 valence electrons. The lowest BCUT2D eigenvalue weighted by atomic mass is 10.1. The van der Waals surface area contributed by atoms with E-state index in [9.17, 15) is 4.79 Å². The van der Waals surface area contributed by atoms with Crippen molar-refractivity contribution in [2.45, 2.75) is 32.2 Å². The normalized spacial score (nSPS) is 14.7. The molecular weight excluding hydrogens is 256 g/mol. The topological polar surface area (TPSA) is 95.6 Å². The highest BCUT2D eigenvalue weighted by Crippen LogP contribution is 2.24. The first-order chi connectivity index (χ1) is 9.72. The first-order valence-corrected chi connectivity index (χ1v) is 6.65. The number of anilines is 1. The number of nitrogens with zero attached hydrogens (tertiary/aromatic N) is 3. The fraction of sp³-hybridized carbons (Fsp3) is 0.385. The number of benzene rings is 1. The van der Waals surface area contributed by atoms with Crippen LogP contribution in [0.15, 0.2) is 18.2 Å². The van der Waals surface area contributed by atoms with Gasteiger partial charge in [-0.2, -0.15) is 5.21 Å². The monoisotopic (exact) mass is 272 g/mol. The van der Waals surface area contributed by atoms with Crippen LogP contribution in [0, 0.1) is 0 Å². The Morgan fingerprint density at radius 3 is 3.00 bits per heavy atom. The van der Waals surface area contributed by atoms with Gasteiger partial charge in [-0.15, -0.1) is 10.2 Å². The summed E-state index contributed by atoms with van der Waals surface area (Å²) in [7, 11) is 0. The van der Waals surface area contributed by atoms with Gasteiger partial charge < -0.3 is 10.6 Å². The Balaban J connectivity index is 1.61. The molecule has 0 saturated carbocycles. The van der Waals surface area contributed by atoms with Gasteiger partial charge in [0.1, 0.15) is 0 Å². The number of urea groups is 1. The van der Waals surface area contributed by atoms with Gasteiger partial charge in [-0.05, 0) is 49.4 Å². The van der Waals surface area contributed by atoms with Crippen LogP contribution in [0.3, 0.4) is 0 Å². The quantitative estimate of drug-likeness (QED) is 0.790. The van der Waals surface area contributed by atoms with Crippen molar-refractivity contribution >= 4 is 11.7 Å². The second-order valence-corrected chi connectivity index (χ2v) is 4.93. The summed E-state index contributed by atoms with van der Waals surface area (Å²) >= 11 is 0. The van der Waals surface area contributed by atoms with Crippen LogP contribution in [0.25, 0.3) is 0 Å². The van der Waals surface area contributed by atoms with E-state index >= 15 is 0 Å². The lowest BCUT2D eigenvalue weighted by molar-refractivity contribution is 0.249. The third kappa shape index (κ3) is 2.61. The zero-order valence-electron chi connectivity index (χ0n) is 11.2. The van der Waals surface area contributed by atoms with Gasteiger partial charge in [-0.25, -0.2) is 4.79 Å². The highest BCUT2D eigenvalue weighted by molar-refractivity contribution is 5.89. The van der Waals surface area contributed by atoms with E-state index in [2.05, 4.69) is 37.3 Å². The summed E-state index contributed by atoms with van der Waals surface area (Å²) in [6.45, 7) is 1.80. The summed E-state index contributed by atoms with van der Waals surface area (Å²) in [5.74, 6) is 0.453. The van der Waals surface area contributed by atoms with Gasteiger partial charge in [0.15, 0.2) is 5.82 Å². The highest BCUT2D eigenvalue weighted by atomic mass is 16.2. The molecule has 2 aromatic rings. The van der Waals surface area contributed by atoms with Gasteiger partial charge in [0, 0.05) is 5.69 Å². The largest absolute Gasteiger partial charge is 0.328 e. The molecule has 3 rings (SSSR count). The number of carbonyl (C=O) groups is 1. The number of carbonyl (C=O) groups excluding carboxylic acids is 1. The van der Waals surface area contributed by atoms with Crippen LogP contribution in [0.4, 0.5) is 10.5 Å². The molecule has 1 aliphatic carbocycles. The number of rotatable bonds is 3. The first-order valence-electron chi connectivity index (χ1n) is 6.65. The van der Waals surface area contributed by atoms with Crippen LogP contribution >= 0.6 is 0 Å². The van der Waals surface area contributed by atoms with E-state index in [1.807, 2.05) is 12.1 Å². The van der Waals surface area contributed by atoms with Gasteiger partial charge in [-0.3, -0.25) is 0 Å². The van der Waals surface area contributed by atoms with Crippen molar-refractivity contribution in [1.82, 2.24) is 25.9 Å². The molecule has 1 atom stereocenters. The zero-order chi connectivity index (χ0) is 13.9. The predicted molar refractivity (Wildman–Crippen MR) is 73.2 cm³/mol. The number of aryl methyl sites for hydroxylation is 2. The molecule has 0 saturated heterocycles. The second-order valence-electron chi connectivity index (χ2n) is 4.93. The zero-order valence-corrected chi connectivity index (χ0v) is 11.2. The minimum Gasteiger partial charge on any atom is -0.328 e. The minimum absolute atomic E-state index is 0.278. The standard InChI is InChI=1S/C13H16N6O/c1-8(12-16-18-19-17-12)14-13(20)15-11-6-5-9-3-2-4-10(9)7-11/h5-8H,2-4H2,1H3,(H2,14,15,20)(H,16,17,18,19)/t8-/m1/s1. The van der Waals surface area contributed by atoms with Crippen molar-refractivity contribution in [3.8, 4) is 0 Å². The summed E-state index contributed by atoms with van der Waals surface area (Å²) in [4.78, 5) is 11.9. The van der Waals surface area contributed by atoms with E-state index in [1.54, 1.807) is 6.92 Å². The van der Waals surface area contributed by atoms with E-state index < -0.39 is 0 Å². The van der Waals surface area contributed by atoms with E-state index in [0.29, 0.717) is 5.82 Å². The van der Waals surface area contributed by atoms with Crippen LogP contribution < -0.4 is 10.6 Å². The number of hydrogen-bond acceptors (Lipinski definition) is 4. The molecule has 0 fully saturated rings. The molecule has 1 aromatic heterocycles. The Morgan fingerprint density at radius 2 is 2.20 bits per heavy atom. The Kier molecular flexibility index (Phi) is 3.32. The molecule has 1 heterocycles. The van der Waals surface area contributed by atoms with Crippen LogP contribution in [0.5, 0.6) is 0 Å². The number of fused-ring (bicyclic) bond motifs is 1. The molecule has 0 bridgehead atoms. The van der Waals surface area contributed by atoms with Crippen molar-refractivity contribution in [3.05, 3.63) is 35.2 Å². The van der Waals surface area contributed by atoms with E-state index in [0.717, 1.165) is 18.5 Å². The maximum absolute atomic E-state index is 11.9. The lowest BCUT2D eigenvalue weighted by Gasteiger charge is -2.12. The Morgan fingerprint density at radius 1 is 1.35 bits per heavy atom. The van der Waals surface area contributed by atoms with Gasteiger partial charge in [-0.1, -0.05) is 11.3 Å². The van der Waals surface area contributed by atoms with Crippen LogP contribution in [-0.4, -0.2) is 26.7 Å². The molecule has 7 nitrogen and oxygen atoms in total. The van der Waals surface area contributed by atoms with E-state index in [-0.39, 0.29) is 12.1 Å². The van der Waals surface area contributed by atoms with Crippen molar-refractivity contribution in [3.63, 3.8) is 0 Å². The van der Waals surface area contributed by atoms with Crippen LogP contribution in [0.2, 0.25) is 0 Å². The molecule has 0 aliphatic heterocycles. The van der Waals surface area contributed by atoms with E-state index in [4.69, 9.17) is 0 Å². The Hall–Kier alpha value is -2.44. The number of aromatic amines is 1. The molecule has 1 aromatic carbocycles. The lowest BCUT2D eigenvalue weighted by Crippen LogP contribution is -2.31. The first kappa shape index (κ1) is 12.6. The van der Waals surface area contributed by atoms with Crippen molar-refractivity contribution in [2.24, 2.45) is 0 Å². The minimum atomic E-state index is -0.303. The number of amides is 2. The van der Waals surface area contributed by atoms with E-state index in [1.165, 1.54) is 17.5 Å². The number of aromatic nitrogens is 4. The second kappa shape index (κ2) is 5.28. The fourth-order valence-corrected chi connectivity index (χ4v) is 2.43. The number of hydrogen-bond donors (Lipinski definition) is 3. The molecule has 0 unspecified atom stereocenters. The summed E-state index contributed by atoms with van der Waals surface area (Å²) in [5, 5.41) is 19.1. The number of tetrazole rings is 1. The molecule has 0 spiro atoms. The number of nitrogens with one attached hydrogen (secondary N) is 3. The third-order valence-corrected chi connectivity index (χ3v) is 3.45. The maximum atomic E-state index is 11.9. The van der Waals surface area contributed by atoms with Crippen LogP contribution in [-0.2, 0) is 12.8 Å². The van der Waals surface area contributed by atoms with Crippen molar-refractivity contribution < 1.29 is 4.79 Å². The average molecular weight is 272 g/mol. The Labute approximate surface area is 116 Å². The molecule has 20 heavy (non-hydrogen) atoms. The van der Waals surface area contributed by atoms with Crippen molar-refractivity contribution in [1.29, 1.82) is 0 Å². The van der Waals surface area contributed by atoms with Crippen molar-refractivity contribution in [2.75, 3.05) is 5.32 Å². The summed E-state index contributed by atoms with van der Waals surface area (Å²) in [5.41, 5.74) is 3.52. The van der Waals surface area contributed by atoms with Gasteiger partial charge in [0.2, 0.25) is 0 Å². The molecule has 1 aliphatic rings. The predicted octanol–water partition coefficient (Wildman–Crippen LogP) is 1.57. The molecular formula is C13H16N6O. The molecule has 2 amide bonds. The maximum Gasteiger partial charge on any atom is 0.319 e. The third-order valence-electron chi connectivity index (χ3n) is 3.45.